The van der Waals surface area contributed by atoms with Gasteiger partial charge in [-0.15, -0.1) is 0 Å². The number of amidine groups is 1. The van der Waals surface area contributed by atoms with Gasteiger partial charge in [-0.3, -0.25) is 15.0 Å². The highest BCUT2D eigenvalue weighted by Crippen LogP contribution is 2.34. The highest BCUT2D eigenvalue weighted by atomic mass is 35.5. The van der Waals surface area contributed by atoms with Crippen LogP contribution < -0.4 is 15.8 Å². The number of anilines is 2. The predicted molar refractivity (Wildman–Crippen MR) is 114 cm³/mol. The number of rotatable bonds is 4. The first-order chi connectivity index (χ1) is 13.3. The second-order valence-electron chi connectivity index (χ2n) is 6.20. The summed E-state index contributed by atoms with van der Waals surface area (Å²) in [6.07, 6.45) is 0.416. The Balaban J connectivity index is 1.89. The molecule has 0 unspecified atom stereocenters. The highest BCUT2D eigenvalue weighted by molar-refractivity contribution is 6.37. The van der Waals surface area contributed by atoms with Gasteiger partial charge >= 0.3 is 0 Å². The molecule has 0 radical (unpaired) electrons. The lowest BCUT2D eigenvalue weighted by Crippen LogP contribution is -2.36. The van der Waals surface area contributed by atoms with Crippen LogP contribution >= 0.6 is 34.8 Å². The molecule has 28 heavy (non-hydrogen) atoms. The lowest BCUT2D eigenvalue weighted by molar-refractivity contribution is -0.117. The summed E-state index contributed by atoms with van der Waals surface area (Å²) < 4.78 is 0. The Bertz CT molecular complexity index is 968. The lowest BCUT2D eigenvalue weighted by atomic mass is 10.2. The minimum Gasteiger partial charge on any atom is -0.326 e. The largest absolute Gasteiger partial charge is 0.326 e. The van der Waals surface area contributed by atoms with E-state index in [1.807, 2.05) is 6.92 Å². The van der Waals surface area contributed by atoms with Crippen LogP contribution in [0.2, 0.25) is 15.1 Å². The number of hydrazine groups is 1. The van der Waals surface area contributed by atoms with Crippen molar-refractivity contribution in [3.63, 3.8) is 0 Å². The van der Waals surface area contributed by atoms with Gasteiger partial charge < -0.3 is 5.32 Å². The van der Waals surface area contributed by atoms with Crippen molar-refractivity contribution in [2.75, 3.05) is 10.3 Å². The molecule has 2 amide bonds. The third-order valence-electron chi connectivity index (χ3n) is 4.06. The third-order valence-corrected chi connectivity index (χ3v) is 4.88. The van der Waals surface area contributed by atoms with E-state index in [-0.39, 0.29) is 18.2 Å². The minimum atomic E-state index is -0.211. The second kappa shape index (κ2) is 8.39. The van der Waals surface area contributed by atoms with Crippen molar-refractivity contribution in [2.24, 2.45) is 4.99 Å². The van der Waals surface area contributed by atoms with Crippen molar-refractivity contribution in [3.05, 3.63) is 51.0 Å². The molecule has 1 heterocycles. The molecule has 0 spiro atoms. The normalized spacial score (nSPS) is 15.1. The fraction of sp³-hybridized carbons (Fsp3) is 0.211. The van der Waals surface area contributed by atoms with Crippen LogP contribution in [0, 0.1) is 6.92 Å². The number of nitrogens with zero attached hydrogens (tertiary/aromatic N) is 2. The first-order valence-corrected chi connectivity index (χ1v) is 9.64. The molecular formula is C19H17Cl3N4O2. The zero-order chi connectivity index (χ0) is 20.4. The minimum absolute atomic E-state index is 0.0558. The molecule has 0 bridgehead atoms. The van der Waals surface area contributed by atoms with Crippen LogP contribution in [0.25, 0.3) is 0 Å². The van der Waals surface area contributed by atoms with E-state index in [0.29, 0.717) is 44.4 Å². The Labute approximate surface area is 177 Å². The molecule has 146 valence electrons. The maximum absolute atomic E-state index is 12.5. The van der Waals surface area contributed by atoms with E-state index < -0.39 is 0 Å². The predicted octanol–water partition coefficient (Wildman–Crippen LogP) is 5.28. The summed E-state index contributed by atoms with van der Waals surface area (Å²) in [5.74, 6) is 0.0862. The molecule has 0 aliphatic carbocycles. The second-order valence-corrected chi connectivity index (χ2v) is 7.45. The number of aryl methyl sites for hydroxylation is 1. The van der Waals surface area contributed by atoms with Gasteiger partial charge in [-0.05, 0) is 42.8 Å². The molecule has 0 saturated carbocycles. The zero-order valence-electron chi connectivity index (χ0n) is 15.1. The van der Waals surface area contributed by atoms with Crippen molar-refractivity contribution in [2.45, 2.75) is 26.7 Å². The lowest BCUT2D eigenvalue weighted by Gasteiger charge is -2.20. The van der Waals surface area contributed by atoms with Crippen LogP contribution in [0.3, 0.4) is 0 Å². The summed E-state index contributed by atoms with van der Waals surface area (Å²) in [5.41, 5.74) is 5.26. The summed E-state index contributed by atoms with van der Waals surface area (Å²) in [4.78, 5) is 28.5. The molecule has 2 aromatic rings. The van der Waals surface area contributed by atoms with E-state index in [1.165, 1.54) is 5.01 Å². The van der Waals surface area contributed by atoms with Crippen molar-refractivity contribution >= 4 is 69.5 Å². The van der Waals surface area contributed by atoms with Gasteiger partial charge in [0.2, 0.25) is 5.91 Å². The van der Waals surface area contributed by atoms with E-state index >= 15 is 0 Å². The standard InChI is InChI=1S/C19H17Cl3N4O2/c1-3-17(27)23-12-4-5-13(21)15(8-12)24-16-9-18(28)26(25-16)19-10(2)6-11(20)7-14(19)22/h4-8H,3,9H2,1-2H3,(H,23,27)(H,24,25). The molecule has 2 N–H and O–H groups in total. The summed E-state index contributed by atoms with van der Waals surface area (Å²) in [7, 11) is 0. The van der Waals surface area contributed by atoms with Crippen LogP contribution in [0.1, 0.15) is 25.3 Å². The van der Waals surface area contributed by atoms with Crippen molar-refractivity contribution < 1.29 is 9.59 Å². The Morgan fingerprint density at radius 2 is 1.96 bits per heavy atom. The van der Waals surface area contributed by atoms with E-state index in [9.17, 15) is 9.59 Å². The number of carbonyl (C=O) groups is 2. The average molecular weight is 440 g/mol. The smallest absolute Gasteiger partial charge is 0.253 e. The van der Waals surface area contributed by atoms with E-state index in [4.69, 9.17) is 34.8 Å². The molecule has 1 fully saturated rings. The summed E-state index contributed by atoms with van der Waals surface area (Å²) in [6.45, 7) is 3.58. The van der Waals surface area contributed by atoms with Gasteiger partial charge in [-0.1, -0.05) is 41.7 Å². The maximum atomic E-state index is 12.5. The monoisotopic (exact) mass is 438 g/mol. The van der Waals surface area contributed by atoms with Crippen LogP contribution in [0.4, 0.5) is 17.1 Å². The van der Waals surface area contributed by atoms with E-state index in [0.717, 1.165) is 5.56 Å². The number of amides is 2. The van der Waals surface area contributed by atoms with Crippen LogP contribution in [-0.4, -0.2) is 17.6 Å². The van der Waals surface area contributed by atoms with Crippen LogP contribution in [0.15, 0.2) is 35.3 Å². The molecule has 3 rings (SSSR count). The zero-order valence-corrected chi connectivity index (χ0v) is 17.4. The Morgan fingerprint density at radius 3 is 2.64 bits per heavy atom. The third kappa shape index (κ3) is 4.41. The van der Waals surface area contributed by atoms with Gasteiger partial charge in [-0.2, -0.15) is 0 Å². The Morgan fingerprint density at radius 1 is 1.21 bits per heavy atom. The Hall–Kier alpha value is -2.28. The fourth-order valence-corrected chi connectivity index (χ4v) is 3.59. The fourth-order valence-electron chi connectivity index (χ4n) is 2.75. The van der Waals surface area contributed by atoms with Crippen LogP contribution in [0.5, 0.6) is 0 Å². The summed E-state index contributed by atoms with van der Waals surface area (Å²) in [6, 6.07) is 8.28. The quantitative estimate of drug-likeness (QED) is 0.681. The first-order valence-electron chi connectivity index (χ1n) is 8.50. The number of nitrogens with one attached hydrogen (secondary N) is 2. The van der Waals surface area contributed by atoms with Gasteiger partial charge in [0.05, 0.1) is 27.8 Å². The molecule has 1 aliphatic heterocycles. The van der Waals surface area contributed by atoms with Crippen LogP contribution in [-0.2, 0) is 9.59 Å². The number of halogens is 3. The maximum Gasteiger partial charge on any atom is 0.253 e. The number of hydrogen-bond donors (Lipinski definition) is 2. The van der Waals surface area contributed by atoms with Gasteiger partial charge in [0.1, 0.15) is 5.84 Å². The topological polar surface area (TPSA) is 73.8 Å². The molecule has 2 aromatic carbocycles. The number of hydrogen-bond acceptors (Lipinski definition) is 3. The Kier molecular flexibility index (Phi) is 6.13. The average Bonchev–Trinajstić information content (AvgIpc) is 2.97. The van der Waals surface area contributed by atoms with Crippen molar-refractivity contribution in [1.29, 1.82) is 0 Å². The van der Waals surface area contributed by atoms with Gasteiger partial charge in [0.25, 0.3) is 5.91 Å². The molecule has 1 aliphatic rings. The first kappa shape index (κ1) is 20.5. The van der Waals surface area contributed by atoms with Gasteiger partial charge in [0.15, 0.2) is 0 Å². The molecule has 0 atom stereocenters. The van der Waals surface area contributed by atoms with E-state index in [1.54, 1.807) is 37.3 Å². The molecule has 1 saturated heterocycles. The number of carbonyl (C=O) groups excluding carboxylic acids is 2. The number of aliphatic imine (C=N–C) groups is 1. The molecule has 0 aromatic heterocycles. The van der Waals surface area contributed by atoms with Gasteiger partial charge in [-0.25, -0.2) is 10.0 Å². The van der Waals surface area contributed by atoms with E-state index in [2.05, 4.69) is 15.7 Å². The van der Waals surface area contributed by atoms with Gasteiger partial charge in [0, 0.05) is 17.1 Å². The van der Waals surface area contributed by atoms with Crippen molar-refractivity contribution in [1.82, 2.24) is 5.43 Å². The summed E-state index contributed by atoms with van der Waals surface area (Å²) in [5, 5.41) is 5.35. The summed E-state index contributed by atoms with van der Waals surface area (Å²) >= 11 is 18.5. The molecular weight excluding hydrogens is 423 g/mol. The highest BCUT2D eigenvalue weighted by Gasteiger charge is 2.30. The SMILES string of the molecule is CCC(=O)Nc1ccc(Cl)c(N=C2CC(=O)N(c3c(C)cc(Cl)cc3Cl)N2)c1. The molecule has 9 heteroatoms. The van der Waals surface area contributed by atoms with Crippen molar-refractivity contribution in [3.8, 4) is 0 Å². The molecule has 6 nitrogen and oxygen atoms in total. The number of benzene rings is 2.